The number of halogens is 1. The lowest BCUT2D eigenvalue weighted by atomic mass is 10.3. The summed E-state index contributed by atoms with van der Waals surface area (Å²) in [4.78, 5) is 12.2. The van der Waals surface area contributed by atoms with Crippen LogP contribution in [0.3, 0.4) is 0 Å². The van der Waals surface area contributed by atoms with Crippen LogP contribution in [0.2, 0.25) is 0 Å². The van der Waals surface area contributed by atoms with E-state index < -0.39 is 7.26 Å². The summed E-state index contributed by atoms with van der Waals surface area (Å²) >= 11 is 0. The van der Waals surface area contributed by atoms with Gasteiger partial charge in [0.25, 0.3) is 0 Å². The number of carbonyl (C=O) groups excluding carboxylic acids is 1. The van der Waals surface area contributed by atoms with E-state index in [4.69, 9.17) is 4.74 Å². The maximum atomic E-state index is 12.2. The number of benzene rings is 3. The van der Waals surface area contributed by atoms with Crippen molar-refractivity contribution in [3.63, 3.8) is 0 Å². The molecular weight excluding hydrogens is 399 g/mol. The van der Waals surface area contributed by atoms with Crippen LogP contribution in [0.5, 0.6) is 0 Å². The van der Waals surface area contributed by atoms with Crippen molar-refractivity contribution in [2.75, 3.05) is 12.8 Å². The average molecular weight is 425 g/mol. The first-order chi connectivity index (χ1) is 13.7. The molecule has 0 heterocycles. The van der Waals surface area contributed by atoms with E-state index in [1.165, 1.54) is 15.9 Å². The fourth-order valence-corrected chi connectivity index (χ4v) is 7.53. The van der Waals surface area contributed by atoms with Crippen LogP contribution in [0.25, 0.3) is 0 Å². The van der Waals surface area contributed by atoms with Gasteiger partial charge in [-0.05, 0) is 56.3 Å². The van der Waals surface area contributed by atoms with Crippen molar-refractivity contribution in [1.29, 1.82) is 0 Å². The van der Waals surface area contributed by atoms with E-state index in [9.17, 15) is 4.79 Å². The second-order valence-corrected chi connectivity index (χ2v) is 10.1. The Labute approximate surface area is 180 Å². The summed E-state index contributed by atoms with van der Waals surface area (Å²) in [6, 6.07) is 32.0. The third kappa shape index (κ3) is 5.15. The average Bonchev–Trinajstić information content (AvgIpc) is 2.76. The molecule has 0 saturated carbocycles. The van der Waals surface area contributed by atoms with Crippen LogP contribution in [0, 0.1) is 0 Å². The zero-order valence-electron chi connectivity index (χ0n) is 16.8. The number of ether oxygens (including phenoxy) is 1. The minimum absolute atomic E-state index is 0. The number of hydrogen-bond acceptors (Lipinski definition) is 2. The molecule has 0 fully saturated rings. The molecule has 0 saturated heterocycles. The van der Waals surface area contributed by atoms with Crippen LogP contribution in [-0.4, -0.2) is 18.7 Å². The number of esters is 1. The zero-order valence-corrected chi connectivity index (χ0v) is 18.4. The molecule has 0 aromatic heterocycles. The summed E-state index contributed by atoms with van der Waals surface area (Å²) in [5, 5.41) is 3.92. The molecule has 3 aromatic rings. The summed E-state index contributed by atoms with van der Waals surface area (Å²) in [6.07, 6.45) is 2.83. The topological polar surface area (TPSA) is 26.3 Å². The molecule has 150 valence electrons. The summed E-state index contributed by atoms with van der Waals surface area (Å²) in [7, 11) is -1.95. The Bertz CT molecular complexity index is 828. The highest BCUT2D eigenvalue weighted by Gasteiger charge is 2.44. The Kier molecular flexibility index (Phi) is 8.64. The first-order valence-corrected chi connectivity index (χ1v) is 11.5. The molecule has 0 amide bonds. The molecular formula is C25H26ClO2P. The van der Waals surface area contributed by atoms with E-state index in [2.05, 4.69) is 78.9 Å². The van der Waals surface area contributed by atoms with Crippen LogP contribution in [0.15, 0.2) is 103 Å². The molecule has 0 aliphatic carbocycles. The van der Waals surface area contributed by atoms with Crippen molar-refractivity contribution in [2.24, 2.45) is 0 Å². The van der Waals surface area contributed by atoms with Crippen LogP contribution < -0.4 is 28.3 Å². The molecule has 0 radical (unpaired) electrons. The number of rotatable bonds is 7. The van der Waals surface area contributed by atoms with Crippen molar-refractivity contribution < 1.29 is 21.9 Å². The lowest BCUT2D eigenvalue weighted by Crippen LogP contribution is -3.00. The number of carbonyl (C=O) groups is 1. The van der Waals surface area contributed by atoms with Gasteiger partial charge in [-0.3, -0.25) is 0 Å². The van der Waals surface area contributed by atoms with Crippen molar-refractivity contribution in [1.82, 2.24) is 0 Å². The molecule has 3 aromatic carbocycles. The van der Waals surface area contributed by atoms with E-state index in [1.807, 2.05) is 32.0 Å². The Hall–Kier alpha value is -2.41. The predicted molar refractivity (Wildman–Crippen MR) is 120 cm³/mol. The predicted octanol–water partition coefficient (Wildman–Crippen LogP) is 1.49. The second-order valence-electron chi connectivity index (χ2n) is 6.61. The smallest absolute Gasteiger partial charge is 0.333 e. The first kappa shape index (κ1) is 22.9. The minimum atomic E-state index is -1.95. The van der Waals surface area contributed by atoms with Gasteiger partial charge in [0, 0.05) is 5.57 Å². The van der Waals surface area contributed by atoms with Crippen molar-refractivity contribution >= 4 is 29.1 Å². The lowest BCUT2D eigenvalue weighted by Gasteiger charge is -2.26. The highest BCUT2D eigenvalue weighted by atomic mass is 35.5. The van der Waals surface area contributed by atoms with Crippen LogP contribution in [0.1, 0.15) is 13.8 Å². The standard InChI is InChI=1S/C25H26O2P.ClH/c1-3-27-25(26)21(2)19-20-28(22-13-7-4-8-14-22,23-15-9-5-10-16-23)24-17-11-6-12-18-24;/h4-19H,3,20H2,1-2H3;1H/q+1;/p-1/b21-19-;. The first-order valence-electron chi connectivity index (χ1n) is 9.57. The van der Waals surface area contributed by atoms with Gasteiger partial charge in [-0.1, -0.05) is 54.6 Å². The number of allylic oxidation sites excluding steroid dienone is 1. The summed E-state index contributed by atoms with van der Waals surface area (Å²) in [5.41, 5.74) is 0.661. The van der Waals surface area contributed by atoms with Gasteiger partial charge in [0.2, 0.25) is 0 Å². The SMILES string of the molecule is CCOC(=O)/C(C)=C\C[P+](c1ccccc1)(c1ccccc1)c1ccccc1.[Cl-]. The third-order valence-electron chi connectivity index (χ3n) is 4.86. The minimum Gasteiger partial charge on any atom is -1.00 e. The van der Waals surface area contributed by atoms with Gasteiger partial charge in [0.1, 0.15) is 23.2 Å². The molecule has 3 rings (SSSR count). The summed E-state index contributed by atoms with van der Waals surface area (Å²) < 4.78 is 5.19. The normalized spacial score (nSPS) is 11.4. The number of hydrogen-bond donors (Lipinski definition) is 0. The Morgan fingerprint density at radius 1 is 0.793 bits per heavy atom. The molecule has 2 nitrogen and oxygen atoms in total. The lowest BCUT2D eigenvalue weighted by molar-refractivity contribution is -0.138. The van der Waals surface area contributed by atoms with Gasteiger partial charge in [-0.15, -0.1) is 0 Å². The summed E-state index contributed by atoms with van der Waals surface area (Å²) in [6.45, 7) is 4.06. The highest BCUT2D eigenvalue weighted by molar-refractivity contribution is 7.95. The van der Waals surface area contributed by atoms with Gasteiger partial charge >= 0.3 is 5.97 Å². The fraction of sp³-hybridized carbons (Fsp3) is 0.160. The van der Waals surface area contributed by atoms with E-state index >= 15 is 0 Å². The van der Waals surface area contributed by atoms with Gasteiger partial charge in [-0.25, -0.2) is 4.79 Å². The molecule has 0 N–H and O–H groups in total. The van der Waals surface area contributed by atoms with Gasteiger partial charge in [0.15, 0.2) is 0 Å². The fourth-order valence-electron chi connectivity index (χ4n) is 3.41. The van der Waals surface area contributed by atoms with Crippen molar-refractivity contribution in [3.8, 4) is 0 Å². The Balaban J connectivity index is 0.00000300. The Morgan fingerprint density at radius 2 is 1.17 bits per heavy atom. The van der Waals surface area contributed by atoms with Gasteiger partial charge < -0.3 is 17.1 Å². The van der Waals surface area contributed by atoms with E-state index in [0.717, 1.165) is 6.16 Å². The molecule has 0 aliphatic rings. The van der Waals surface area contributed by atoms with Crippen molar-refractivity contribution in [2.45, 2.75) is 13.8 Å². The van der Waals surface area contributed by atoms with Crippen molar-refractivity contribution in [3.05, 3.63) is 103 Å². The maximum Gasteiger partial charge on any atom is 0.333 e. The summed E-state index contributed by atoms with van der Waals surface area (Å²) in [5.74, 6) is -0.241. The van der Waals surface area contributed by atoms with E-state index in [1.54, 1.807) is 0 Å². The van der Waals surface area contributed by atoms with Gasteiger partial charge in [0.05, 0.1) is 12.8 Å². The Morgan fingerprint density at radius 3 is 1.52 bits per heavy atom. The molecule has 0 unspecified atom stereocenters. The molecule has 0 spiro atoms. The van der Waals surface area contributed by atoms with Crippen LogP contribution in [-0.2, 0) is 9.53 Å². The van der Waals surface area contributed by atoms with Gasteiger partial charge in [-0.2, -0.15) is 0 Å². The molecule has 0 aliphatic heterocycles. The molecule has 0 bridgehead atoms. The highest BCUT2D eigenvalue weighted by Crippen LogP contribution is 2.55. The second kappa shape index (κ2) is 11.0. The largest absolute Gasteiger partial charge is 1.00 e. The molecule has 0 atom stereocenters. The maximum absolute atomic E-state index is 12.2. The molecule has 29 heavy (non-hydrogen) atoms. The van der Waals surface area contributed by atoms with E-state index in [0.29, 0.717) is 12.2 Å². The molecule has 4 heteroatoms. The monoisotopic (exact) mass is 424 g/mol. The van der Waals surface area contributed by atoms with Crippen LogP contribution >= 0.6 is 7.26 Å². The van der Waals surface area contributed by atoms with E-state index in [-0.39, 0.29) is 18.4 Å². The quantitative estimate of drug-likeness (QED) is 0.326. The third-order valence-corrected chi connectivity index (χ3v) is 9.13. The zero-order chi connectivity index (χ0) is 19.8. The van der Waals surface area contributed by atoms with Crippen LogP contribution in [0.4, 0.5) is 0 Å².